The fraction of sp³-hybridized carbons (Fsp3) is 0.520. The highest BCUT2D eigenvalue weighted by Gasteiger charge is 2.38. The first-order valence-electron chi connectivity index (χ1n) is 12.1. The molecule has 11 nitrogen and oxygen atoms in total. The van der Waals surface area contributed by atoms with E-state index in [0.29, 0.717) is 29.3 Å². The summed E-state index contributed by atoms with van der Waals surface area (Å²) in [4.78, 5) is 25.2. The number of anilines is 1. The number of hydrogen-bond donors (Lipinski definition) is 2. The standard InChI is InChI=1S/C25H37N6O5P/c1-16(2)36-24(32)25(6,7)30-37(33,15-35-21-17(3)9-8-10-18(21)4)14-34-19(5)11-31-13-29-20-22(26)27-12-28-23(20)31/h8-10,12-13,16,19H,11,14-15H2,1-7H3,(H,30,33)(H2,26,27,28)/t19-,37+/m1/s1. The molecule has 0 aliphatic carbocycles. The Labute approximate surface area is 217 Å². The second-order valence-electron chi connectivity index (χ2n) is 10.0. The third-order valence-electron chi connectivity index (χ3n) is 5.61. The molecule has 37 heavy (non-hydrogen) atoms. The number of fused-ring (bicyclic) bond motifs is 1. The van der Waals surface area contributed by atoms with Gasteiger partial charge in [-0.15, -0.1) is 0 Å². The van der Waals surface area contributed by atoms with Crippen molar-refractivity contribution < 1.29 is 23.6 Å². The molecule has 2 heterocycles. The van der Waals surface area contributed by atoms with Crippen LogP contribution in [0.25, 0.3) is 11.2 Å². The average Bonchev–Trinajstić information content (AvgIpc) is 3.21. The van der Waals surface area contributed by atoms with Gasteiger partial charge in [-0.2, -0.15) is 0 Å². The number of benzene rings is 1. The number of nitrogens with one attached hydrogen (secondary N) is 1. The Morgan fingerprint density at radius 1 is 1.14 bits per heavy atom. The minimum absolute atomic E-state index is 0.165. The maximum absolute atomic E-state index is 14.2. The van der Waals surface area contributed by atoms with Crippen LogP contribution in [0.5, 0.6) is 5.75 Å². The van der Waals surface area contributed by atoms with Crippen LogP contribution in [0.3, 0.4) is 0 Å². The Bertz CT molecular complexity index is 1270. The number of imidazole rings is 1. The zero-order valence-electron chi connectivity index (χ0n) is 22.5. The van der Waals surface area contributed by atoms with Crippen LogP contribution in [0.15, 0.2) is 30.9 Å². The minimum atomic E-state index is -3.41. The van der Waals surface area contributed by atoms with Crippen LogP contribution in [-0.2, 0) is 25.4 Å². The zero-order chi connectivity index (χ0) is 27.4. The molecule has 0 amide bonds. The van der Waals surface area contributed by atoms with Gasteiger partial charge in [0.15, 0.2) is 17.8 Å². The van der Waals surface area contributed by atoms with Crippen LogP contribution in [-0.4, -0.2) is 55.9 Å². The van der Waals surface area contributed by atoms with Crippen molar-refractivity contribution in [1.29, 1.82) is 0 Å². The summed E-state index contributed by atoms with van der Waals surface area (Å²) >= 11 is 0. The quantitative estimate of drug-likeness (QED) is 0.259. The average molecular weight is 533 g/mol. The molecule has 3 N–H and O–H groups in total. The number of carbonyl (C=O) groups excluding carboxylic acids is 1. The van der Waals surface area contributed by atoms with Crippen molar-refractivity contribution in [3.05, 3.63) is 42.0 Å². The number of nitrogens with zero attached hydrogens (tertiary/aromatic N) is 4. The van der Waals surface area contributed by atoms with Crippen LogP contribution in [0.2, 0.25) is 0 Å². The number of ether oxygens (including phenoxy) is 3. The van der Waals surface area contributed by atoms with Crippen molar-refractivity contribution in [2.75, 3.05) is 18.4 Å². The topological polar surface area (TPSA) is 143 Å². The van der Waals surface area contributed by atoms with Crippen molar-refractivity contribution >= 4 is 30.2 Å². The van der Waals surface area contributed by atoms with Gasteiger partial charge in [0.25, 0.3) is 0 Å². The number of nitrogens with two attached hydrogens (primary N) is 1. The number of para-hydroxylation sites is 1. The summed E-state index contributed by atoms with van der Waals surface area (Å²) in [5.41, 5.74) is 7.59. The van der Waals surface area contributed by atoms with E-state index in [2.05, 4.69) is 20.0 Å². The van der Waals surface area contributed by atoms with Crippen molar-refractivity contribution in [2.24, 2.45) is 0 Å². The molecule has 0 aliphatic heterocycles. The van der Waals surface area contributed by atoms with E-state index >= 15 is 0 Å². The fourth-order valence-corrected chi connectivity index (χ4v) is 5.97. The van der Waals surface area contributed by atoms with Gasteiger partial charge in [0.1, 0.15) is 29.5 Å². The van der Waals surface area contributed by atoms with Crippen LogP contribution < -0.4 is 15.6 Å². The second kappa shape index (κ2) is 11.6. The number of esters is 1. The van der Waals surface area contributed by atoms with E-state index in [9.17, 15) is 9.36 Å². The molecule has 12 heteroatoms. The van der Waals surface area contributed by atoms with E-state index < -0.39 is 18.8 Å². The predicted octanol–water partition coefficient (Wildman–Crippen LogP) is 4.02. The summed E-state index contributed by atoms with van der Waals surface area (Å²) in [5, 5.41) is 3.01. The summed E-state index contributed by atoms with van der Waals surface area (Å²) in [7, 11) is -3.41. The maximum Gasteiger partial charge on any atom is 0.326 e. The molecule has 0 spiro atoms. The lowest BCUT2D eigenvalue weighted by molar-refractivity contribution is -0.153. The Morgan fingerprint density at radius 3 is 2.46 bits per heavy atom. The van der Waals surface area contributed by atoms with Gasteiger partial charge in [-0.25, -0.2) is 20.0 Å². The molecule has 0 saturated heterocycles. The van der Waals surface area contributed by atoms with Gasteiger partial charge in [0.05, 0.1) is 25.1 Å². The first kappa shape index (κ1) is 28.6. The predicted molar refractivity (Wildman–Crippen MR) is 143 cm³/mol. The lowest BCUT2D eigenvalue weighted by Gasteiger charge is -2.31. The van der Waals surface area contributed by atoms with E-state index in [1.54, 1.807) is 38.6 Å². The van der Waals surface area contributed by atoms with Gasteiger partial charge in [0, 0.05) is 0 Å². The summed E-state index contributed by atoms with van der Waals surface area (Å²) in [6, 6.07) is 5.79. The second-order valence-corrected chi connectivity index (χ2v) is 12.5. The number of rotatable bonds is 12. The van der Waals surface area contributed by atoms with Crippen molar-refractivity contribution in [1.82, 2.24) is 24.6 Å². The number of aromatic nitrogens is 4. The third-order valence-corrected chi connectivity index (χ3v) is 7.69. The Kier molecular flexibility index (Phi) is 8.94. The van der Waals surface area contributed by atoms with E-state index in [4.69, 9.17) is 19.9 Å². The molecule has 0 bridgehead atoms. The molecule has 0 saturated carbocycles. The molecule has 0 unspecified atom stereocenters. The minimum Gasteiger partial charge on any atom is -0.484 e. The van der Waals surface area contributed by atoms with Crippen molar-refractivity contribution in [2.45, 2.75) is 72.8 Å². The molecular formula is C25H37N6O5P. The number of hydrogen-bond acceptors (Lipinski definition) is 9. The number of nitrogen functional groups attached to an aromatic ring is 1. The van der Waals surface area contributed by atoms with Crippen LogP contribution in [0, 0.1) is 13.8 Å². The molecule has 3 aromatic rings. The number of aryl methyl sites for hydroxylation is 2. The van der Waals surface area contributed by atoms with E-state index in [1.807, 2.05) is 39.0 Å². The molecule has 2 atom stereocenters. The lowest BCUT2D eigenvalue weighted by atomic mass is 10.1. The molecule has 1 aromatic carbocycles. The summed E-state index contributed by atoms with van der Waals surface area (Å²) < 4.78 is 33.4. The highest BCUT2D eigenvalue weighted by molar-refractivity contribution is 7.61. The fourth-order valence-electron chi connectivity index (χ4n) is 3.82. The SMILES string of the molecule is Cc1cccc(C)c1OC[P@@](=O)(CO[C@H](C)Cn1cnc2c(N)ncnc21)NC(C)(C)C(=O)OC(C)C. The van der Waals surface area contributed by atoms with E-state index in [1.165, 1.54) is 6.33 Å². The summed E-state index contributed by atoms with van der Waals surface area (Å²) in [5.74, 6) is 0.442. The molecule has 202 valence electrons. The van der Waals surface area contributed by atoms with Crippen LogP contribution >= 0.6 is 7.29 Å². The molecule has 2 aromatic heterocycles. The van der Waals surface area contributed by atoms with Gasteiger partial charge in [-0.1, -0.05) is 18.2 Å². The van der Waals surface area contributed by atoms with Gasteiger partial charge >= 0.3 is 5.97 Å². The van der Waals surface area contributed by atoms with Gasteiger partial charge < -0.3 is 29.1 Å². The molecule has 0 aliphatic rings. The van der Waals surface area contributed by atoms with Crippen molar-refractivity contribution in [3.63, 3.8) is 0 Å². The largest absolute Gasteiger partial charge is 0.484 e. The van der Waals surface area contributed by atoms with Gasteiger partial charge in [0.2, 0.25) is 7.29 Å². The normalized spacial score (nSPS) is 14.5. The van der Waals surface area contributed by atoms with Crippen LogP contribution in [0.4, 0.5) is 5.82 Å². The first-order valence-corrected chi connectivity index (χ1v) is 14.2. The van der Waals surface area contributed by atoms with Gasteiger partial charge in [-0.05, 0) is 59.6 Å². The monoisotopic (exact) mass is 532 g/mol. The lowest BCUT2D eigenvalue weighted by Crippen LogP contribution is -2.48. The van der Waals surface area contributed by atoms with Gasteiger partial charge in [-0.3, -0.25) is 4.79 Å². The Hall–Kier alpha value is -3.01. The molecule has 0 fully saturated rings. The Morgan fingerprint density at radius 2 is 1.81 bits per heavy atom. The Balaban J connectivity index is 1.76. The number of carbonyl (C=O) groups is 1. The van der Waals surface area contributed by atoms with Crippen LogP contribution in [0.1, 0.15) is 45.7 Å². The first-order chi connectivity index (χ1) is 17.3. The highest BCUT2D eigenvalue weighted by atomic mass is 31.2. The summed E-state index contributed by atoms with van der Waals surface area (Å²) in [6.07, 6.45) is 1.99. The smallest absolute Gasteiger partial charge is 0.326 e. The van der Waals surface area contributed by atoms with E-state index in [0.717, 1.165) is 11.1 Å². The molecule has 0 radical (unpaired) electrons. The maximum atomic E-state index is 14.2. The summed E-state index contributed by atoms with van der Waals surface area (Å²) in [6.45, 7) is 12.9. The van der Waals surface area contributed by atoms with E-state index in [-0.39, 0.29) is 24.9 Å². The molecular weight excluding hydrogens is 495 g/mol. The zero-order valence-corrected chi connectivity index (χ0v) is 23.4. The third kappa shape index (κ3) is 7.28. The van der Waals surface area contributed by atoms with Crippen molar-refractivity contribution in [3.8, 4) is 5.75 Å². The highest BCUT2D eigenvalue weighted by Crippen LogP contribution is 2.44. The molecule has 3 rings (SSSR count).